The van der Waals surface area contributed by atoms with E-state index < -0.39 is 0 Å². The molecule has 2 aromatic carbocycles. The summed E-state index contributed by atoms with van der Waals surface area (Å²) >= 11 is 0. The van der Waals surface area contributed by atoms with Gasteiger partial charge in [-0.05, 0) is 35.4 Å². The average molecular weight is 361 g/mol. The summed E-state index contributed by atoms with van der Waals surface area (Å²) in [4.78, 5) is 12.2. The van der Waals surface area contributed by atoms with Crippen molar-refractivity contribution < 1.29 is 28.8 Å². The summed E-state index contributed by atoms with van der Waals surface area (Å²) < 4.78 is 20.6. The van der Waals surface area contributed by atoms with Crippen molar-refractivity contribution in [3.63, 3.8) is 0 Å². The highest BCUT2D eigenvalue weighted by molar-refractivity contribution is 5.79. The third kappa shape index (κ3) is 4.50. The van der Waals surface area contributed by atoms with Crippen LogP contribution in [0.1, 0.15) is 11.1 Å². The molecule has 0 aliphatic rings. The molecule has 0 spiro atoms. The van der Waals surface area contributed by atoms with Gasteiger partial charge in [-0.15, -0.1) is 0 Å². The SMILES string of the molecule is COc1ccc(CNC(=O)Cc2cc(OC)c(O)c(OC)c2)cc1OC. The highest BCUT2D eigenvalue weighted by Gasteiger charge is 2.13. The Hall–Kier alpha value is -3.09. The molecule has 2 rings (SSSR count). The number of ether oxygens (including phenoxy) is 4. The van der Waals surface area contributed by atoms with Gasteiger partial charge in [-0.2, -0.15) is 0 Å². The summed E-state index contributed by atoms with van der Waals surface area (Å²) in [5, 5.41) is 12.8. The van der Waals surface area contributed by atoms with Gasteiger partial charge in [-0.3, -0.25) is 4.79 Å². The van der Waals surface area contributed by atoms with Crippen molar-refractivity contribution in [1.29, 1.82) is 0 Å². The number of phenolic OH excluding ortho intramolecular Hbond substituents is 1. The molecule has 140 valence electrons. The highest BCUT2D eigenvalue weighted by atomic mass is 16.5. The zero-order chi connectivity index (χ0) is 19.1. The van der Waals surface area contributed by atoms with Crippen LogP contribution in [0.25, 0.3) is 0 Å². The molecule has 0 saturated heterocycles. The zero-order valence-electron chi connectivity index (χ0n) is 15.3. The molecule has 1 amide bonds. The molecule has 0 aliphatic carbocycles. The maximum absolute atomic E-state index is 12.2. The first-order valence-corrected chi connectivity index (χ1v) is 7.93. The summed E-state index contributed by atoms with van der Waals surface area (Å²) in [5.74, 6) is 1.48. The van der Waals surface area contributed by atoms with E-state index in [4.69, 9.17) is 18.9 Å². The van der Waals surface area contributed by atoms with Gasteiger partial charge in [0.15, 0.2) is 23.0 Å². The molecule has 0 radical (unpaired) electrons. The fourth-order valence-corrected chi connectivity index (χ4v) is 2.49. The number of hydrogen-bond acceptors (Lipinski definition) is 6. The van der Waals surface area contributed by atoms with Gasteiger partial charge < -0.3 is 29.4 Å². The minimum atomic E-state index is -0.172. The molecule has 0 saturated carbocycles. The van der Waals surface area contributed by atoms with Gasteiger partial charge in [0.1, 0.15) is 0 Å². The number of phenols is 1. The van der Waals surface area contributed by atoms with Crippen LogP contribution in [0.2, 0.25) is 0 Å². The van der Waals surface area contributed by atoms with Gasteiger partial charge in [0.2, 0.25) is 11.7 Å². The molecule has 0 atom stereocenters. The van der Waals surface area contributed by atoms with Crippen molar-refractivity contribution in [2.45, 2.75) is 13.0 Å². The van der Waals surface area contributed by atoms with Crippen LogP contribution < -0.4 is 24.3 Å². The van der Waals surface area contributed by atoms with Gasteiger partial charge in [-0.25, -0.2) is 0 Å². The maximum Gasteiger partial charge on any atom is 0.224 e. The molecule has 0 fully saturated rings. The first-order valence-electron chi connectivity index (χ1n) is 7.93. The number of amides is 1. The highest BCUT2D eigenvalue weighted by Crippen LogP contribution is 2.37. The molecule has 2 N–H and O–H groups in total. The van der Waals surface area contributed by atoms with Gasteiger partial charge in [-0.1, -0.05) is 6.07 Å². The summed E-state index contributed by atoms with van der Waals surface area (Å²) in [6.45, 7) is 0.353. The first-order chi connectivity index (χ1) is 12.5. The summed E-state index contributed by atoms with van der Waals surface area (Å²) in [7, 11) is 6.01. The van der Waals surface area contributed by atoms with Crippen LogP contribution in [0.3, 0.4) is 0 Å². The lowest BCUT2D eigenvalue weighted by molar-refractivity contribution is -0.120. The second-order valence-electron chi connectivity index (χ2n) is 5.49. The zero-order valence-corrected chi connectivity index (χ0v) is 15.3. The third-order valence-electron chi connectivity index (χ3n) is 3.84. The molecule has 0 heterocycles. The monoisotopic (exact) mass is 361 g/mol. The van der Waals surface area contributed by atoms with E-state index in [1.807, 2.05) is 12.1 Å². The van der Waals surface area contributed by atoms with Crippen LogP contribution >= 0.6 is 0 Å². The topological polar surface area (TPSA) is 86.3 Å². The fourth-order valence-electron chi connectivity index (χ4n) is 2.49. The molecule has 7 nitrogen and oxygen atoms in total. The van der Waals surface area contributed by atoms with Gasteiger partial charge in [0.25, 0.3) is 0 Å². The lowest BCUT2D eigenvalue weighted by atomic mass is 10.1. The molecule has 26 heavy (non-hydrogen) atoms. The maximum atomic E-state index is 12.2. The van der Waals surface area contributed by atoms with Crippen molar-refractivity contribution in [2.24, 2.45) is 0 Å². The Bertz CT molecular complexity index is 750. The summed E-state index contributed by atoms with van der Waals surface area (Å²) in [6.07, 6.45) is 0.125. The average Bonchev–Trinajstić information content (AvgIpc) is 2.67. The van der Waals surface area contributed by atoms with Crippen LogP contribution in [0, 0.1) is 0 Å². The molecular weight excluding hydrogens is 338 g/mol. The van der Waals surface area contributed by atoms with E-state index in [9.17, 15) is 9.90 Å². The number of rotatable bonds is 8. The predicted octanol–water partition coefficient (Wildman–Crippen LogP) is 2.29. The Labute approximate surface area is 152 Å². The van der Waals surface area contributed by atoms with E-state index in [2.05, 4.69) is 5.32 Å². The predicted molar refractivity (Wildman–Crippen MR) is 96.3 cm³/mol. The molecule has 0 unspecified atom stereocenters. The number of methoxy groups -OCH3 is 4. The Morgan fingerprint density at radius 3 is 1.92 bits per heavy atom. The lowest BCUT2D eigenvalue weighted by Crippen LogP contribution is -2.24. The Morgan fingerprint density at radius 1 is 0.846 bits per heavy atom. The smallest absolute Gasteiger partial charge is 0.224 e. The quantitative estimate of drug-likeness (QED) is 0.750. The van der Waals surface area contributed by atoms with E-state index in [-0.39, 0.29) is 29.6 Å². The van der Waals surface area contributed by atoms with Crippen molar-refractivity contribution >= 4 is 5.91 Å². The Balaban J connectivity index is 2.03. The largest absolute Gasteiger partial charge is 0.502 e. The normalized spacial score (nSPS) is 10.2. The molecule has 0 bridgehead atoms. The molecular formula is C19H23NO6. The third-order valence-corrected chi connectivity index (χ3v) is 3.84. The van der Waals surface area contributed by atoms with Gasteiger partial charge in [0, 0.05) is 6.54 Å². The second kappa shape index (κ2) is 8.84. The van der Waals surface area contributed by atoms with Crippen molar-refractivity contribution in [3.8, 4) is 28.7 Å². The van der Waals surface area contributed by atoms with Crippen LogP contribution in [-0.2, 0) is 17.8 Å². The summed E-state index contributed by atoms with van der Waals surface area (Å²) in [5.41, 5.74) is 1.55. The van der Waals surface area contributed by atoms with Crippen molar-refractivity contribution in [2.75, 3.05) is 28.4 Å². The Kier molecular flexibility index (Phi) is 6.54. The number of aromatic hydroxyl groups is 1. The number of carbonyl (C=O) groups is 1. The number of benzene rings is 2. The van der Waals surface area contributed by atoms with E-state index in [0.29, 0.717) is 23.6 Å². The minimum absolute atomic E-state index is 0.0931. The molecule has 0 aromatic heterocycles. The lowest BCUT2D eigenvalue weighted by Gasteiger charge is -2.12. The molecule has 2 aromatic rings. The van der Waals surface area contributed by atoms with Crippen LogP contribution in [0.15, 0.2) is 30.3 Å². The number of hydrogen-bond donors (Lipinski definition) is 2. The number of carbonyl (C=O) groups excluding carboxylic acids is 1. The summed E-state index contributed by atoms with van der Waals surface area (Å²) in [6, 6.07) is 8.66. The van der Waals surface area contributed by atoms with E-state index in [0.717, 1.165) is 5.56 Å². The van der Waals surface area contributed by atoms with E-state index in [1.165, 1.54) is 14.2 Å². The second-order valence-corrected chi connectivity index (χ2v) is 5.49. The fraction of sp³-hybridized carbons (Fsp3) is 0.316. The van der Waals surface area contributed by atoms with Crippen molar-refractivity contribution in [1.82, 2.24) is 5.32 Å². The van der Waals surface area contributed by atoms with E-state index >= 15 is 0 Å². The Morgan fingerprint density at radius 2 is 1.38 bits per heavy atom. The minimum Gasteiger partial charge on any atom is -0.502 e. The number of nitrogens with one attached hydrogen (secondary N) is 1. The molecule has 0 aliphatic heterocycles. The van der Waals surface area contributed by atoms with Crippen LogP contribution in [0.4, 0.5) is 0 Å². The van der Waals surface area contributed by atoms with Crippen LogP contribution in [-0.4, -0.2) is 39.5 Å². The van der Waals surface area contributed by atoms with Gasteiger partial charge in [0.05, 0.1) is 34.9 Å². The first kappa shape index (κ1) is 19.2. The molecule has 7 heteroatoms. The van der Waals surface area contributed by atoms with Crippen LogP contribution in [0.5, 0.6) is 28.7 Å². The van der Waals surface area contributed by atoms with E-state index in [1.54, 1.807) is 32.4 Å². The van der Waals surface area contributed by atoms with Gasteiger partial charge >= 0.3 is 0 Å². The van der Waals surface area contributed by atoms with Crippen molar-refractivity contribution in [3.05, 3.63) is 41.5 Å². The standard InChI is InChI=1S/C19H23NO6/c1-23-14-6-5-12(7-15(14)24-2)11-20-18(21)10-13-8-16(25-3)19(22)17(9-13)26-4/h5-9,22H,10-11H2,1-4H3,(H,20,21).